The summed E-state index contributed by atoms with van der Waals surface area (Å²) in [7, 11) is 0. The Morgan fingerprint density at radius 2 is 2.08 bits per heavy atom. The smallest absolute Gasteiger partial charge is 0.252 e. The number of amides is 1. The Morgan fingerprint density at radius 1 is 1.38 bits per heavy atom. The zero-order chi connectivity index (χ0) is 19.5. The summed E-state index contributed by atoms with van der Waals surface area (Å²) in [4.78, 5) is 25.8. The number of carbonyl (C=O) groups is 1. The lowest BCUT2D eigenvalue weighted by Gasteiger charge is -2.27. The summed E-state index contributed by atoms with van der Waals surface area (Å²) >= 11 is 0. The van der Waals surface area contributed by atoms with Gasteiger partial charge in [-0.05, 0) is 26.0 Å². The number of ether oxygens (including phenoxy) is 1. The number of aromatic nitrogens is 1. The number of aromatic hydroxyl groups is 1. The van der Waals surface area contributed by atoms with Crippen molar-refractivity contribution in [2.24, 2.45) is 5.73 Å². The van der Waals surface area contributed by atoms with Crippen LogP contribution in [0.3, 0.4) is 0 Å². The molecule has 0 saturated carbocycles. The van der Waals surface area contributed by atoms with Crippen molar-refractivity contribution in [1.82, 2.24) is 10.3 Å². The van der Waals surface area contributed by atoms with Crippen LogP contribution in [0.15, 0.2) is 35.1 Å². The molecule has 0 radical (unpaired) electrons. The summed E-state index contributed by atoms with van der Waals surface area (Å²) in [5, 5.41) is 19.7. The van der Waals surface area contributed by atoms with E-state index in [0.717, 1.165) is 12.1 Å². The van der Waals surface area contributed by atoms with Gasteiger partial charge in [0.25, 0.3) is 11.5 Å². The molecule has 1 aromatic carbocycles. The minimum atomic E-state index is -0.825. The Kier molecular flexibility index (Phi) is 5.20. The van der Waals surface area contributed by atoms with Crippen LogP contribution in [0.1, 0.15) is 29.8 Å². The molecule has 1 heterocycles. The summed E-state index contributed by atoms with van der Waals surface area (Å²) < 4.78 is 5.70. The first-order valence-electron chi connectivity index (χ1n) is 7.70. The molecule has 0 fully saturated rings. The van der Waals surface area contributed by atoms with Crippen LogP contribution >= 0.6 is 0 Å². The molecule has 9 heteroatoms. The van der Waals surface area contributed by atoms with E-state index in [4.69, 9.17) is 21.6 Å². The van der Waals surface area contributed by atoms with Crippen molar-refractivity contribution in [2.75, 3.05) is 12.3 Å². The van der Waals surface area contributed by atoms with E-state index >= 15 is 0 Å². The zero-order valence-electron chi connectivity index (χ0n) is 14.4. The number of nitrogen functional groups attached to an aromatic ring is 2. The lowest BCUT2D eigenvalue weighted by atomic mass is 10.1. The summed E-state index contributed by atoms with van der Waals surface area (Å²) in [6, 6.07) is 7.13. The van der Waals surface area contributed by atoms with Crippen molar-refractivity contribution in [3.05, 3.63) is 51.8 Å². The number of nitrogens with two attached hydrogens (primary N) is 2. The minimum Gasteiger partial charge on any atom is -0.494 e. The van der Waals surface area contributed by atoms with Crippen LogP contribution in [0.4, 0.5) is 5.69 Å². The minimum absolute atomic E-state index is 0.0210. The average molecular weight is 359 g/mol. The normalized spacial score (nSPS) is 11.0. The number of rotatable bonds is 6. The molecule has 2 rings (SSSR count). The van der Waals surface area contributed by atoms with Gasteiger partial charge in [0.05, 0.1) is 16.7 Å². The maximum absolute atomic E-state index is 12.3. The molecule has 0 atom stereocenters. The highest BCUT2D eigenvalue weighted by molar-refractivity contribution is 6.02. The topological polar surface area (TPSA) is 167 Å². The second-order valence-corrected chi connectivity index (χ2v) is 6.38. The molecule has 0 aliphatic rings. The number of hydrogen-bond acceptors (Lipinski definition) is 6. The second kappa shape index (κ2) is 7.18. The van der Waals surface area contributed by atoms with Gasteiger partial charge < -0.3 is 26.6 Å². The number of pyridine rings is 1. The third-order valence-electron chi connectivity index (χ3n) is 3.46. The molecule has 26 heavy (non-hydrogen) atoms. The third kappa shape index (κ3) is 4.53. The highest BCUT2D eigenvalue weighted by Gasteiger charge is 2.24. The van der Waals surface area contributed by atoms with E-state index in [1.807, 2.05) is 0 Å². The molecule has 0 aliphatic heterocycles. The van der Waals surface area contributed by atoms with Crippen LogP contribution in [0.2, 0.25) is 0 Å². The number of anilines is 1. The van der Waals surface area contributed by atoms with Crippen molar-refractivity contribution in [1.29, 1.82) is 5.41 Å². The largest absolute Gasteiger partial charge is 0.494 e. The fraction of sp³-hybridized carbons (Fsp3) is 0.235. The Morgan fingerprint density at radius 3 is 2.69 bits per heavy atom. The van der Waals surface area contributed by atoms with Crippen molar-refractivity contribution in [3.63, 3.8) is 0 Å². The molecule has 1 aromatic heterocycles. The molecule has 0 saturated heterocycles. The number of amidine groups is 1. The van der Waals surface area contributed by atoms with Gasteiger partial charge in [-0.1, -0.05) is 6.07 Å². The number of aromatic amines is 1. The first-order valence-corrected chi connectivity index (χ1v) is 7.70. The van der Waals surface area contributed by atoms with Crippen LogP contribution in [0.25, 0.3) is 0 Å². The number of carbonyl (C=O) groups excluding carboxylic acids is 1. The molecule has 0 spiro atoms. The van der Waals surface area contributed by atoms with Crippen molar-refractivity contribution >= 4 is 17.4 Å². The van der Waals surface area contributed by atoms with Crippen molar-refractivity contribution < 1.29 is 14.6 Å². The van der Waals surface area contributed by atoms with Gasteiger partial charge in [-0.2, -0.15) is 0 Å². The second-order valence-electron chi connectivity index (χ2n) is 6.38. The quantitative estimate of drug-likeness (QED) is 0.250. The van der Waals surface area contributed by atoms with Gasteiger partial charge in [0.15, 0.2) is 5.88 Å². The predicted octanol–water partition coefficient (Wildman–Crippen LogP) is 0.534. The van der Waals surface area contributed by atoms with Gasteiger partial charge in [-0.25, -0.2) is 0 Å². The molecule has 0 bridgehead atoms. The average Bonchev–Trinajstić information content (AvgIpc) is 2.51. The predicted molar refractivity (Wildman–Crippen MR) is 97.6 cm³/mol. The highest BCUT2D eigenvalue weighted by atomic mass is 16.5. The molecule has 1 amide bonds. The van der Waals surface area contributed by atoms with Crippen molar-refractivity contribution in [3.8, 4) is 11.6 Å². The summed E-state index contributed by atoms with van der Waals surface area (Å²) in [5.41, 5.74) is 10.6. The van der Waals surface area contributed by atoms with E-state index in [1.165, 1.54) is 0 Å². The van der Waals surface area contributed by atoms with E-state index in [-0.39, 0.29) is 23.6 Å². The molecule has 9 nitrogen and oxygen atoms in total. The standard InChI is InChI=1S/C17H21N5O4/c1-17(2,22-16(25)9-6-12(23)21-13(24)7-9)8-26-11-5-3-4-10(18)14(11)15(19)20/h3-7H,8,18H2,1-2H3,(H3,19,20)(H,22,25)(H2,21,23,24). The lowest BCUT2D eigenvalue weighted by Crippen LogP contribution is -2.48. The molecular formula is C17H21N5O4. The zero-order valence-corrected chi connectivity index (χ0v) is 14.4. The first kappa shape index (κ1) is 18.8. The fourth-order valence-electron chi connectivity index (χ4n) is 2.29. The summed E-state index contributed by atoms with van der Waals surface area (Å²) in [6.07, 6.45) is 0. The maximum Gasteiger partial charge on any atom is 0.252 e. The Balaban J connectivity index is 2.12. The van der Waals surface area contributed by atoms with Crippen LogP contribution in [0, 0.1) is 5.41 Å². The monoisotopic (exact) mass is 359 g/mol. The SMILES string of the molecule is CC(C)(COc1cccc(N)c1C(=N)N)NC(=O)c1cc(O)[nH]c(=O)c1. The van der Waals surface area contributed by atoms with E-state index in [9.17, 15) is 14.7 Å². The Labute approximate surface area is 149 Å². The third-order valence-corrected chi connectivity index (χ3v) is 3.46. The van der Waals surface area contributed by atoms with Crippen molar-refractivity contribution in [2.45, 2.75) is 19.4 Å². The van der Waals surface area contributed by atoms with Crippen LogP contribution in [-0.2, 0) is 0 Å². The molecule has 0 aliphatic carbocycles. The number of benzene rings is 1. The molecule has 2 aromatic rings. The fourth-order valence-corrected chi connectivity index (χ4v) is 2.29. The van der Waals surface area contributed by atoms with Gasteiger partial charge in [-0.15, -0.1) is 0 Å². The van der Waals surface area contributed by atoms with Gasteiger partial charge in [-0.3, -0.25) is 20.0 Å². The first-order chi connectivity index (χ1) is 12.1. The number of H-pyrrole nitrogens is 1. The van der Waals surface area contributed by atoms with Crippen LogP contribution in [-0.4, -0.2) is 34.0 Å². The van der Waals surface area contributed by atoms with E-state index < -0.39 is 22.9 Å². The van der Waals surface area contributed by atoms with Gasteiger partial charge >= 0.3 is 0 Å². The van der Waals surface area contributed by atoms with E-state index in [0.29, 0.717) is 11.4 Å². The Hall–Kier alpha value is -3.49. The lowest BCUT2D eigenvalue weighted by molar-refractivity contribution is 0.0880. The molecule has 138 valence electrons. The van der Waals surface area contributed by atoms with Crippen LogP contribution < -0.4 is 27.1 Å². The summed E-state index contributed by atoms with van der Waals surface area (Å²) in [6.45, 7) is 3.49. The Bertz CT molecular complexity index is 904. The van der Waals surface area contributed by atoms with Gasteiger partial charge in [0.2, 0.25) is 0 Å². The summed E-state index contributed by atoms with van der Waals surface area (Å²) in [5.74, 6) is -0.838. The highest BCUT2D eigenvalue weighted by Crippen LogP contribution is 2.24. The van der Waals surface area contributed by atoms with Gasteiger partial charge in [0.1, 0.15) is 18.2 Å². The number of hydrogen-bond donors (Lipinski definition) is 6. The van der Waals surface area contributed by atoms with E-state index in [2.05, 4.69) is 10.3 Å². The molecular weight excluding hydrogens is 338 g/mol. The van der Waals surface area contributed by atoms with Gasteiger partial charge in [0, 0.05) is 17.8 Å². The molecule has 0 unspecified atom stereocenters. The van der Waals surface area contributed by atoms with E-state index in [1.54, 1.807) is 32.0 Å². The van der Waals surface area contributed by atoms with Crippen LogP contribution in [0.5, 0.6) is 11.6 Å². The molecule has 8 N–H and O–H groups in total. The maximum atomic E-state index is 12.3. The number of nitrogens with one attached hydrogen (secondary N) is 3.